The Morgan fingerprint density at radius 1 is 1.17 bits per heavy atom. The second-order valence-corrected chi connectivity index (χ2v) is 4.93. The molecule has 0 aliphatic rings. The van der Waals surface area contributed by atoms with Gasteiger partial charge in [-0.15, -0.1) is 0 Å². The summed E-state index contributed by atoms with van der Waals surface area (Å²) in [6.45, 7) is 3.40. The normalized spacial score (nSPS) is 12.6. The van der Waals surface area contributed by atoms with E-state index < -0.39 is 0 Å². The van der Waals surface area contributed by atoms with Crippen molar-refractivity contribution >= 4 is 15.9 Å². The van der Waals surface area contributed by atoms with Gasteiger partial charge in [0.2, 0.25) is 0 Å². The quantitative estimate of drug-likeness (QED) is 0.780. The molecular weight excluding hydrogens is 292 g/mol. The number of halogens is 1. The fourth-order valence-electron chi connectivity index (χ4n) is 2.04. The van der Waals surface area contributed by atoms with Crippen LogP contribution in [0.4, 0.5) is 0 Å². The van der Waals surface area contributed by atoms with Gasteiger partial charge in [-0.2, -0.15) is 0 Å². The standard InChI is InChI=1S/C14H17BrN2O/c1-2-16-8-9-17(14(16)18)11-13(10-15)12-6-4-3-5-7-12/h3-9,13H,2,10-11H2,1H3. The van der Waals surface area contributed by atoms with Crippen molar-refractivity contribution in [2.24, 2.45) is 0 Å². The van der Waals surface area contributed by atoms with E-state index in [4.69, 9.17) is 0 Å². The summed E-state index contributed by atoms with van der Waals surface area (Å²) in [6.07, 6.45) is 3.71. The molecule has 0 fully saturated rings. The van der Waals surface area contributed by atoms with Crippen LogP contribution in [0.2, 0.25) is 0 Å². The van der Waals surface area contributed by atoms with Crippen LogP contribution < -0.4 is 5.69 Å². The number of imidazole rings is 1. The molecular formula is C14H17BrN2O. The van der Waals surface area contributed by atoms with Gasteiger partial charge in [-0.05, 0) is 12.5 Å². The molecule has 3 nitrogen and oxygen atoms in total. The minimum Gasteiger partial charge on any atom is -0.300 e. The predicted molar refractivity (Wildman–Crippen MR) is 77.3 cm³/mol. The number of benzene rings is 1. The van der Waals surface area contributed by atoms with E-state index >= 15 is 0 Å². The Morgan fingerprint density at radius 2 is 1.83 bits per heavy atom. The van der Waals surface area contributed by atoms with Gasteiger partial charge in [0, 0.05) is 36.7 Å². The summed E-state index contributed by atoms with van der Waals surface area (Å²) in [6, 6.07) is 10.3. The van der Waals surface area contributed by atoms with Gasteiger partial charge in [0.1, 0.15) is 0 Å². The maximum Gasteiger partial charge on any atom is 0.328 e. The largest absolute Gasteiger partial charge is 0.328 e. The van der Waals surface area contributed by atoms with Gasteiger partial charge in [-0.25, -0.2) is 4.79 Å². The van der Waals surface area contributed by atoms with Crippen LogP contribution in [0.15, 0.2) is 47.5 Å². The number of nitrogens with zero attached hydrogens (tertiary/aromatic N) is 2. The lowest BCUT2D eigenvalue weighted by Gasteiger charge is -2.14. The molecule has 0 spiro atoms. The zero-order valence-corrected chi connectivity index (χ0v) is 12.0. The fraction of sp³-hybridized carbons (Fsp3) is 0.357. The lowest BCUT2D eigenvalue weighted by atomic mass is 10.0. The molecule has 0 N–H and O–H groups in total. The Balaban J connectivity index is 2.21. The first-order valence-corrected chi connectivity index (χ1v) is 7.25. The Bertz CT molecular complexity index is 544. The Morgan fingerprint density at radius 3 is 2.39 bits per heavy atom. The molecule has 1 aromatic carbocycles. The zero-order valence-electron chi connectivity index (χ0n) is 10.4. The highest BCUT2D eigenvalue weighted by Crippen LogP contribution is 2.19. The van der Waals surface area contributed by atoms with Gasteiger partial charge in [0.15, 0.2) is 0 Å². The van der Waals surface area contributed by atoms with Gasteiger partial charge < -0.3 is 0 Å². The summed E-state index contributed by atoms with van der Waals surface area (Å²) in [5, 5.41) is 0.848. The lowest BCUT2D eigenvalue weighted by Crippen LogP contribution is -2.26. The van der Waals surface area contributed by atoms with E-state index in [1.807, 2.05) is 37.5 Å². The molecule has 0 radical (unpaired) electrons. The van der Waals surface area contributed by atoms with Crippen molar-refractivity contribution < 1.29 is 0 Å². The minimum absolute atomic E-state index is 0.0689. The van der Waals surface area contributed by atoms with Gasteiger partial charge in [0.25, 0.3) is 0 Å². The van der Waals surface area contributed by atoms with Crippen LogP contribution in [0, 0.1) is 0 Å². The van der Waals surface area contributed by atoms with Crippen molar-refractivity contribution in [1.82, 2.24) is 9.13 Å². The first-order valence-electron chi connectivity index (χ1n) is 6.12. The summed E-state index contributed by atoms with van der Waals surface area (Å²) in [7, 11) is 0. The maximum absolute atomic E-state index is 12.0. The molecule has 1 heterocycles. The van der Waals surface area contributed by atoms with E-state index in [-0.39, 0.29) is 5.69 Å². The first-order chi connectivity index (χ1) is 8.76. The van der Waals surface area contributed by atoms with E-state index in [9.17, 15) is 4.79 Å². The Kier molecular flexibility index (Phi) is 4.42. The molecule has 0 bridgehead atoms. The summed E-state index contributed by atoms with van der Waals surface area (Å²) in [5.41, 5.74) is 1.32. The van der Waals surface area contributed by atoms with Crippen LogP contribution in [-0.4, -0.2) is 14.5 Å². The fourth-order valence-corrected chi connectivity index (χ4v) is 2.62. The molecule has 0 amide bonds. The average molecular weight is 309 g/mol. The molecule has 0 aliphatic carbocycles. The van der Waals surface area contributed by atoms with Crippen LogP contribution in [0.1, 0.15) is 18.4 Å². The predicted octanol–water partition coefficient (Wildman–Crippen LogP) is 2.85. The van der Waals surface area contributed by atoms with Crippen molar-refractivity contribution in [3.05, 3.63) is 58.8 Å². The molecule has 0 saturated carbocycles. The monoisotopic (exact) mass is 308 g/mol. The first kappa shape index (κ1) is 13.1. The number of alkyl halides is 1. The second-order valence-electron chi connectivity index (χ2n) is 4.28. The van der Waals surface area contributed by atoms with Crippen LogP contribution >= 0.6 is 15.9 Å². The molecule has 1 aromatic heterocycles. The summed E-state index contributed by atoms with van der Waals surface area (Å²) in [4.78, 5) is 12.0. The van der Waals surface area contributed by atoms with Gasteiger partial charge in [-0.3, -0.25) is 9.13 Å². The van der Waals surface area contributed by atoms with Crippen LogP contribution in [0.3, 0.4) is 0 Å². The molecule has 1 unspecified atom stereocenters. The van der Waals surface area contributed by atoms with Crippen LogP contribution in [0.25, 0.3) is 0 Å². The third kappa shape index (κ3) is 2.75. The highest BCUT2D eigenvalue weighted by atomic mass is 79.9. The average Bonchev–Trinajstić information content (AvgIpc) is 2.77. The summed E-state index contributed by atoms with van der Waals surface area (Å²) < 4.78 is 3.50. The minimum atomic E-state index is 0.0689. The zero-order chi connectivity index (χ0) is 13.0. The molecule has 18 heavy (non-hydrogen) atoms. The number of aryl methyl sites for hydroxylation is 1. The molecule has 4 heteroatoms. The van der Waals surface area contributed by atoms with E-state index in [0.29, 0.717) is 12.5 Å². The third-order valence-electron chi connectivity index (χ3n) is 3.13. The van der Waals surface area contributed by atoms with Gasteiger partial charge in [-0.1, -0.05) is 46.3 Å². The number of hydrogen-bond acceptors (Lipinski definition) is 1. The van der Waals surface area contributed by atoms with Crippen molar-refractivity contribution in [2.45, 2.75) is 25.9 Å². The molecule has 1 atom stereocenters. The van der Waals surface area contributed by atoms with E-state index in [0.717, 1.165) is 11.9 Å². The molecule has 2 aromatic rings. The van der Waals surface area contributed by atoms with Crippen molar-refractivity contribution in [3.8, 4) is 0 Å². The van der Waals surface area contributed by atoms with Gasteiger partial charge in [0.05, 0.1) is 0 Å². The Hall–Kier alpha value is -1.29. The third-order valence-corrected chi connectivity index (χ3v) is 3.91. The van der Waals surface area contributed by atoms with E-state index in [1.54, 1.807) is 9.13 Å². The maximum atomic E-state index is 12.0. The molecule has 0 aliphatic heterocycles. The van der Waals surface area contributed by atoms with Crippen molar-refractivity contribution in [1.29, 1.82) is 0 Å². The SMILES string of the molecule is CCn1ccn(CC(CBr)c2ccccc2)c1=O. The topological polar surface area (TPSA) is 26.9 Å². The smallest absolute Gasteiger partial charge is 0.300 e. The number of rotatable bonds is 5. The highest BCUT2D eigenvalue weighted by Gasteiger charge is 2.12. The van der Waals surface area contributed by atoms with E-state index in [1.165, 1.54) is 5.56 Å². The molecule has 96 valence electrons. The van der Waals surface area contributed by atoms with Crippen LogP contribution in [-0.2, 0) is 13.1 Å². The number of aromatic nitrogens is 2. The van der Waals surface area contributed by atoms with Gasteiger partial charge >= 0.3 is 5.69 Å². The Labute approximate surface area is 115 Å². The lowest BCUT2D eigenvalue weighted by molar-refractivity contribution is 0.570. The number of hydrogen-bond donors (Lipinski definition) is 0. The summed E-state index contributed by atoms with van der Waals surface area (Å²) >= 11 is 3.54. The van der Waals surface area contributed by atoms with Crippen molar-refractivity contribution in [2.75, 3.05) is 5.33 Å². The highest BCUT2D eigenvalue weighted by molar-refractivity contribution is 9.09. The van der Waals surface area contributed by atoms with E-state index in [2.05, 4.69) is 28.1 Å². The van der Waals surface area contributed by atoms with Crippen molar-refractivity contribution in [3.63, 3.8) is 0 Å². The molecule has 0 saturated heterocycles. The second kappa shape index (κ2) is 6.05. The van der Waals surface area contributed by atoms with Crippen LogP contribution in [0.5, 0.6) is 0 Å². The summed E-state index contributed by atoms with van der Waals surface area (Å²) in [5.74, 6) is 0.316. The molecule has 2 rings (SSSR count).